The fourth-order valence-electron chi connectivity index (χ4n) is 3.98. The van der Waals surface area contributed by atoms with Crippen molar-refractivity contribution in [1.82, 2.24) is 5.32 Å². The van der Waals surface area contributed by atoms with Crippen molar-refractivity contribution in [2.24, 2.45) is 5.41 Å². The lowest BCUT2D eigenvalue weighted by molar-refractivity contribution is 0.0963. The number of hydrogen-bond acceptors (Lipinski definition) is 3. The summed E-state index contributed by atoms with van der Waals surface area (Å²) in [6, 6.07) is 5.64. The Kier molecular flexibility index (Phi) is 3.79. The maximum absolute atomic E-state index is 11.6. The molecule has 0 radical (unpaired) electrons. The fourth-order valence-corrected chi connectivity index (χ4v) is 3.98. The molecule has 0 unspecified atom stereocenters. The summed E-state index contributed by atoms with van der Waals surface area (Å²) < 4.78 is 0. The first-order chi connectivity index (χ1) is 10.1. The smallest absolute Gasteiger partial charge is 0.251 e. The highest BCUT2D eigenvalue weighted by molar-refractivity contribution is 5.96. The number of nitrogen functional groups attached to an aromatic ring is 1. The van der Waals surface area contributed by atoms with Crippen LogP contribution in [0.25, 0.3) is 0 Å². The molecule has 1 aliphatic carbocycles. The van der Waals surface area contributed by atoms with Crippen LogP contribution in [-0.2, 0) is 0 Å². The topological polar surface area (TPSA) is 58.4 Å². The number of carbonyl (C=O) groups excluding carboxylic acids is 1. The van der Waals surface area contributed by atoms with Crippen molar-refractivity contribution in [3.63, 3.8) is 0 Å². The van der Waals surface area contributed by atoms with Gasteiger partial charge < -0.3 is 16.0 Å². The van der Waals surface area contributed by atoms with Crippen LogP contribution in [0.5, 0.6) is 0 Å². The Morgan fingerprint density at radius 2 is 1.86 bits per heavy atom. The molecule has 0 atom stereocenters. The van der Waals surface area contributed by atoms with Crippen molar-refractivity contribution in [1.29, 1.82) is 0 Å². The summed E-state index contributed by atoms with van der Waals surface area (Å²) in [7, 11) is 1.64. The van der Waals surface area contributed by atoms with Gasteiger partial charge in [-0.15, -0.1) is 0 Å². The van der Waals surface area contributed by atoms with Gasteiger partial charge in [0.25, 0.3) is 5.91 Å². The average Bonchev–Trinajstić information content (AvgIpc) is 2.96. The molecule has 1 heterocycles. The zero-order chi connectivity index (χ0) is 14.9. The second-order valence-corrected chi connectivity index (χ2v) is 6.55. The van der Waals surface area contributed by atoms with Gasteiger partial charge in [0.15, 0.2) is 0 Å². The monoisotopic (exact) mass is 287 g/mol. The molecule has 21 heavy (non-hydrogen) atoms. The molecule has 0 aromatic heterocycles. The van der Waals surface area contributed by atoms with Gasteiger partial charge in [-0.05, 0) is 49.3 Å². The molecule has 1 saturated carbocycles. The Bertz CT molecular complexity index is 525. The Hall–Kier alpha value is -1.71. The fraction of sp³-hybridized carbons (Fsp3) is 0.588. The number of nitrogens with two attached hydrogens (primary N) is 1. The van der Waals surface area contributed by atoms with Gasteiger partial charge in [0.05, 0.1) is 11.4 Å². The maximum atomic E-state index is 11.6. The summed E-state index contributed by atoms with van der Waals surface area (Å²) in [5.74, 6) is -0.0863. The van der Waals surface area contributed by atoms with Crippen LogP contribution in [0, 0.1) is 5.41 Å². The van der Waals surface area contributed by atoms with E-state index in [0.29, 0.717) is 16.7 Å². The number of benzene rings is 1. The van der Waals surface area contributed by atoms with E-state index in [1.807, 2.05) is 12.1 Å². The van der Waals surface area contributed by atoms with Crippen LogP contribution in [0.3, 0.4) is 0 Å². The first-order valence-corrected chi connectivity index (χ1v) is 8.00. The molecular weight excluding hydrogens is 262 g/mol. The molecule has 1 aromatic carbocycles. The third kappa shape index (κ3) is 2.71. The molecule has 1 aliphatic heterocycles. The van der Waals surface area contributed by atoms with Crippen molar-refractivity contribution in [2.75, 3.05) is 30.8 Å². The summed E-state index contributed by atoms with van der Waals surface area (Å²) >= 11 is 0. The molecule has 4 heteroatoms. The van der Waals surface area contributed by atoms with Crippen LogP contribution in [0.1, 0.15) is 48.9 Å². The third-order valence-electron chi connectivity index (χ3n) is 5.35. The molecule has 3 N–H and O–H groups in total. The zero-order valence-electron chi connectivity index (χ0n) is 12.8. The Labute approximate surface area is 126 Å². The van der Waals surface area contributed by atoms with Gasteiger partial charge in [0.1, 0.15) is 0 Å². The largest absolute Gasteiger partial charge is 0.397 e. The van der Waals surface area contributed by atoms with Crippen LogP contribution in [0.15, 0.2) is 18.2 Å². The first kappa shape index (κ1) is 14.2. The average molecular weight is 287 g/mol. The molecule has 3 rings (SSSR count). The molecule has 1 amide bonds. The van der Waals surface area contributed by atoms with Crippen LogP contribution in [0.4, 0.5) is 11.4 Å². The molecule has 114 valence electrons. The van der Waals surface area contributed by atoms with E-state index in [9.17, 15) is 4.79 Å². The van der Waals surface area contributed by atoms with Crippen molar-refractivity contribution < 1.29 is 4.79 Å². The summed E-state index contributed by atoms with van der Waals surface area (Å²) in [5.41, 5.74) is 9.20. The van der Waals surface area contributed by atoms with E-state index in [1.54, 1.807) is 13.1 Å². The first-order valence-electron chi connectivity index (χ1n) is 8.00. The lowest BCUT2D eigenvalue weighted by Crippen LogP contribution is -2.39. The van der Waals surface area contributed by atoms with E-state index in [1.165, 1.54) is 38.5 Å². The Morgan fingerprint density at radius 3 is 2.43 bits per heavy atom. The van der Waals surface area contributed by atoms with E-state index in [2.05, 4.69) is 10.2 Å². The molecule has 2 aliphatic rings. The van der Waals surface area contributed by atoms with Gasteiger partial charge in [-0.1, -0.05) is 12.8 Å². The summed E-state index contributed by atoms with van der Waals surface area (Å²) in [5, 5.41) is 2.63. The highest BCUT2D eigenvalue weighted by atomic mass is 16.1. The molecule has 4 nitrogen and oxygen atoms in total. The second-order valence-electron chi connectivity index (χ2n) is 6.55. The maximum Gasteiger partial charge on any atom is 0.251 e. The van der Waals surface area contributed by atoms with Gasteiger partial charge in [-0.25, -0.2) is 0 Å². The van der Waals surface area contributed by atoms with Gasteiger partial charge in [0.2, 0.25) is 0 Å². The number of nitrogens with one attached hydrogen (secondary N) is 1. The lowest BCUT2D eigenvalue weighted by Gasteiger charge is -2.40. The lowest BCUT2D eigenvalue weighted by atomic mass is 9.77. The number of nitrogens with zero attached hydrogens (tertiary/aromatic N) is 1. The highest BCUT2D eigenvalue weighted by Gasteiger charge is 2.37. The van der Waals surface area contributed by atoms with E-state index in [-0.39, 0.29) is 5.91 Å². The quantitative estimate of drug-likeness (QED) is 0.822. The minimum atomic E-state index is -0.0863. The minimum Gasteiger partial charge on any atom is -0.397 e. The van der Waals surface area contributed by atoms with Crippen molar-refractivity contribution >= 4 is 17.3 Å². The number of hydrogen-bond donors (Lipinski definition) is 2. The van der Waals surface area contributed by atoms with Gasteiger partial charge in [-0.3, -0.25) is 4.79 Å². The Morgan fingerprint density at radius 1 is 1.19 bits per heavy atom. The van der Waals surface area contributed by atoms with Crippen LogP contribution in [0.2, 0.25) is 0 Å². The van der Waals surface area contributed by atoms with Crippen LogP contribution in [-0.4, -0.2) is 26.0 Å². The standard InChI is InChI=1S/C17H25N3O/c1-19-16(21)13-4-5-15(14(18)12-13)20-10-8-17(9-11-20)6-2-3-7-17/h4-5,12H,2-3,6-11,18H2,1H3,(H,19,21). The number of piperidine rings is 1. The highest BCUT2D eigenvalue weighted by Crippen LogP contribution is 2.47. The number of rotatable bonds is 2. The molecule has 2 fully saturated rings. The minimum absolute atomic E-state index is 0.0863. The molecular formula is C17H25N3O. The van der Waals surface area contributed by atoms with E-state index in [4.69, 9.17) is 5.73 Å². The predicted octanol–water partition coefficient (Wildman–Crippen LogP) is 2.79. The third-order valence-corrected chi connectivity index (χ3v) is 5.35. The summed E-state index contributed by atoms with van der Waals surface area (Å²) in [4.78, 5) is 14.0. The van der Waals surface area contributed by atoms with E-state index >= 15 is 0 Å². The van der Waals surface area contributed by atoms with Gasteiger partial charge >= 0.3 is 0 Å². The van der Waals surface area contributed by atoms with Crippen LogP contribution < -0.4 is 16.0 Å². The Balaban J connectivity index is 1.72. The normalized spacial score (nSPS) is 20.7. The number of carbonyl (C=O) groups is 1. The van der Waals surface area contributed by atoms with Crippen LogP contribution >= 0.6 is 0 Å². The van der Waals surface area contributed by atoms with Crippen molar-refractivity contribution in [2.45, 2.75) is 38.5 Å². The summed E-state index contributed by atoms with van der Waals surface area (Å²) in [6.45, 7) is 2.17. The van der Waals surface area contributed by atoms with Gasteiger partial charge in [-0.2, -0.15) is 0 Å². The second kappa shape index (κ2) is 5.58. The molecule has 1 saturated heterocycles. The number of amides is 1. The zero-order valence-corrected chi connectivity index (χ0v) is 12.8. The summed E-state index contributed by atoms with van der Waals surface area (Å²) in [6.07, 6.45) is 8.19. The van der Waals surface area contributed by atoms with Crippen molar-refractivity contribution in [3.8, 4) is 0 Å². The number of anilines is 2. The predicted molar refractivity (Wildman–Crippen MR) is 86.6 cm³/mol. The van der Waals surface area contributed by atoms with E-state index in [0.717, 1.165) is 18.8 Å². The van der Waals surface area contributed by atoms with Gasteiger partial charge in [0, 0.05) is 25.7 Å². The molecule has 1 spiro atoms. The van der Waals surface area contributed by atoms with Crippen molar-refractivity contribution in [3.05, 3.63) is 23.8 Å². The van der Waals surface area contributed by atoms with E-state index < -0.39 is 0 Å². The SMILES string of the molecule is CNC(=O)c1ccc(N2CCC3(CCCC3)CC2)c(N)c1. The molecule has 1 aromatic rings. The molecule has 0 bridgehead atoms.